The number of anilines is 1. The zero-order valence-electron chi connectivity index (χ0n) is 7.96. The topological polar surface area (TPSA) is 53.5 Å². The van der Waals surface area contributed by atoms with Crippen LogP contribution in [-0.2, 0) is 4.79 Å². The van der Waals surface area contributed by atoms with Crippen LogP contribution in [0.2, 0.25) is 0 Å². The van der Waals surface area contributed by atoms with E-state index >= 15 is 0 Å². The van der Waals surface area contributed by atoms with Gasteiger partial charge in [0.25, 0.3) is 5.91 Å². The Balaban J connectivity index is 2.09. The van der Waals surface area contributed by atoms with Crippen LogP contribution in [0.3, 0.4) is 0 Å². The fraction of sp³-hybridized carbons (Fsp3) is 0.200. The lowest BCUT2D eigenvalue weighted by molar-refractivity contribution is -0.110. The van der Waals surface area contributed by atoms with E-state index in [0.29, 0.717) is 13.1 Å². The van der Waals surface area contributed by atoms with Gasteiger partial charge in [-0.15, -0.1) is 0 Å². The first-order valence-electron chi connectivity index (χ1n) is 4.61. The second-order valence-electron chi connectivity index (χ2n) is 3.09. The Morgan fingerprint density at radius 1 is 1.47 bits per heavy atom. The molecule has 15 heavy (non-hydrogen) atoms. The molecule has 0 aromatic heterocycles. The van der Waals surface area contributed by atoms with Crippen molar-refractivity contribution < 1.29 is 9.18 Å². The minimum Gasteiger partial charge on any atom is -0.364 e. The first-order valence-corrected chi connectivity index (χ1v) is 4.61. The number of amides is 1. The van der Waals surface area contributed by atoms with Gasteiger partial charge in [0, 0.05) is 6.54 Å². The average Bonchev–Trinajstić information content (AvgIpc) is 2.74. The molecule has 1 aromatic rings. The highest BCUT2D eigenvalue weighted by molar-refractivity contribution is 6.42. The molecule has 0 saturated heterocycles. The van der Waals surface area contributed by atoms with Crippen LogP contribution >= 0.6 is 0 Å². The number of carbonyl (C=O) groups excluding carboxylic acids is 1. The Morgan fingerprint density at radius 3 is 2.93 bits per heavy atom. The lowest BCUT2D eigenvalue weighted by Crippen LogP contribution is -2.32. The molecule has 0 bridgehead atoms. The molecule has 0 unspecified atom stereocenters. The van der Waals surface area contributed by atoms with E-state index in [2.05, 4.69) is 15.6 Å². The Labute approximate surface area is 86.2 Å². The third kappa shape index (κ3) is 2.12. The maximum Gasteiger partial charge on any atom is 0.290 e. The third-order valence-corrected chi connectivity index (χ3v) is 2.01. The van der Waals surface area contributed by atoms with E-state index in [0.717, 1.165) is 0 Å². The van der Waals surface area contributed by atoms with Crippen molar-refractivity contribution in [3.05, 3.63) is 30.1 Å². The zero-order chi connectivity index (χ0) is 10.7. The molecule has 0 spiro atoms. The summed E-state index contributed by atoms with van der Waals surface area (Å²) in [4.78, 5) is 15.4. The van der Waals surface area contributed by atoms with E-state index in [4.69, 9.17) is 0 Å². The molecule has 4 nitrogen and oxygen atoms in total. The van der Waals surface area contributed by atoms with Gasteiger partial charge in [-0.25, -0.2) is 4.39 Å². The summed E-state index contributed by atoms with van der Waals surface area (Å²) in [6.45, 7) is 1.24. The molecule has 1 aromatic carbocycles. The van der Waals surface area contributed by atoms with Crippen molar-refractivity contribution >= 4 is 17.4 Å². The molecule has 1 aliphatic rings. The van der Waals surface area contributed by atoms with E-state index in [1.54, 1.807) is 12.1 Å². The predicted octanol–water partition coefficient (Wildman–Crippen LogP) is 0.766. The van der Waals surface area contributed by atoms with Gasteiger partial charge in [-0.1, -0.05) is 12.1 Å². The predicted molar refractivity (Wildman–Crippen MR) is 55.3 cm³/mol. The number of aliphatic imine (C=N–C) groups is 1. The largest absolute Gasteiger partial charge is 0.364 e. The number of nitrogens with one attached hydrogen (secondary N) is 2. The average molecular weight is 207 g/mol. The number of rotatable bonds is 2. The number of hydrogen-bond donors (Lipinski definition) is 2. The van der Waals surface area contributed by atoms with Crippen molar-refractivity contribution in [3.63, 3.8) is 0 Å². The normalized spacial score (nSPS) is 14.3. The number of carbonyl (C=O) groups is 1. The van der Waals surface area contributed by atoms with Gasteiger partial charge in [0.05, 0.1) is 12.2 Å². The molecule has 1 aliphatic heterocycles. The lowest BCUT2D eigenvalue weighted by atomic mass is 10.3. The van der Waals surface area contributed by atoms with E-state index in [9.17, 15) is 9.18 Å². The van der Waals surface area contributed by atoms with Crippen molar-refractivity contribution in [1.29, 1.82) is 0 Å². The first kappa shape index (κ1) is 9.64. The van der Waals surface area contributed by atoms with Crippen LogP contribution in [0.25, 0.3) is 0 Å². The smallest absolute Gasteiger partial charge is 0.290 e. The van der Waals surface area contributed by atoms with Gasteiger partial charge < -0.3 is 10.6 Å². The Hall–Kier alpha value is -1.91. The number of amidine groups is 1. The second kappa shape index (κ2) is 4.08. The summed E-state index contributed by atoms with van der Waals surface area (Å²) in [6.07, 6.45) is 0. The maximum absolute atomic E-state index is 13.2. The molecule has 1 amide bonds. The van der Waals surface area contributed by atoms with E-state index in [1.165, 1.54) is 12.1 Å². The van der Waals surface area contributed by atoms with Gasteiger partial charge in [0.15, 0.2) is 5.84 Å². The van der Waals surface area contributed by atoms with Crippen LogP contribution in [-0.4, -0.2) is 24.8 Å². The highest BCUT2D eigenvalue weighted by Crippen LogP contribution is 2.12. The SMILES string of the molecule is O=C(Nc1ccccc1F)C1=NCCN1. The molecular formula is C10H10FN3O. The molecular weight excluding hydrogens is 197 g/mol. The summed E-state index contributed by atoms with van der Waals surface area (Å²) in [5.74, 6) is -0.597. The third-order valence-electron chi connectivity index (χ3n) is 2.01. The van der Waals surface area contributed by atoms with Crippen LogP contribution in [0.5, 0.6) is 0 Å². The number of hydrogen-bond acceptors (Lipinski definition) is 3. The van der Waals surface area contributed by atoms with Gasteiger partial charge >= 0.3 is 0 Å². The van der Waals surface area contributed by atoms with Crippen molar-refractivity contribution in [1.82, 2.24) is 5.32 Å². The molecule has 2 rings (SSSR count). The number of benzene rings is 1. The summed E-state index contributed by atoms with van der Waals surface area (Å²) in [7, 11) is 0. The van der Waals surface area contributed by atoms with Crippen LogP contribution in [0, 0.1) is 5.82 Å². The molecule has 0 aliphatic carbocycles. The Morgan fingerprint density at radius 2 is 2.27 bits per heavy atom. The fourth-order valence-electron chi connectivity index (χ4n) is 1.29. The highest BCUT2D eigenvalue weighted by Gasteiger charge is 2.15. The second-order valence-corrected chi connectivity index (χ2v) is 3.09. The molecule has 5 heteroatoms. The fourth-order valence-corrected chi connectivity index (χ4v) is 1.29. The lowest BCUT2D eigenvalue weighted by Gasteiger charge is -2.05. The van der Waals surface area contributed by atoms with Gasteiger partial charge in [-0.3, -0.25) is 9.79 Å². The molecule has 0 atom stereocenters. The minimum absolute atomic E-state index is 0.166. The van der Waals surface area contributed by atoms with Gasteiger partial charge in [0.1, 0.15) is 5.82 Å². The summed E-state index contributed by atoms with van der Waals surface area (Å²) in [6, 6.07) is 6.02. The van der Waals surface area contributed by atoms with E-state index in [-0.39, 0.29) is 11.5 Å². The summed E-state index contributed by atoms with van der Waals surface area (Å²) < 4.78 is 13.2. The molecule has 0 saturated carbocycles. The summed E-state index contributed by atoms with van der Waals surface area (Å²) >= 11 is 0. The zero-order valence-corrected chi connectivity index (χ0v) is 7.96. The van der Waals surface area contributed by atoms with Crippen molar-refractivity contribution in [2.24, 2.45) is 4.99 Å². The molecule has 1 heterocycles. The number of nitrogens with zero attached hydrogens (tertiary/aromatic N) is 1. The number of para-hydroxylation sites is 1. The van der Waals surface area contributed by atoms with E-state index < -0.39 is 11.7 Å². The van der Waals surface area contributed by atoms with Crippen molar-refractivity contribution in [2.45, 2.75) is 0 Å². The summed E-state index contributed by atoms with van der Waals surface area (Å²) in [5.41, 5.74) is 0.166. The van der Waals surface area contributed by atoms with Crippen LogP contribution in [0.4, 0.5) is 10.1 Å². The Kier molecular flexibility index (Phi) is 2.62. The molecule has 0 fully saturated rings. The van der Waals surface area contributed by atoms with Gasteiger partial charge in [-0.2, -0.15) is 0 Å². The van der Waals surface area contributed by atoms with E-state index in [1.807, 2.05) is 0 Å². The molecule has 78 valence electrons. The van der Waals surface area contributed by atoms with Crippen molar-refractivity contribution in [3.8, 4) is 0 Å². The van der Waals surface area contributed by atoms with Gasteiger partial charge in [0.2, 0.25) is 0 Å². The van der Waals surface area contributed by atoms with Gasteiger partial charge in [-0.05, 0) is 12.1 Å². The highest BCUT2D eigenvalue weighted by atomic mass is 19.1. The minimum atomic E-state index is -0.454. The Bertz CT molecular complexity index is 417. The van der Waals surface area contributed by atoms with Crippen LogP contribution < -0.4 is 10.6 Å². The monoisotopic (exact) mass is 207 g/mol. The first-order chi connectivity index (χ1) is 7.27. The quantitative estimate of drug-likeness (QED) is 0.752. The number of halogens is 1. The summed E-state index contributed by atoms with van der Waals surface area (Å²) in [5, 5.41) is 5.26. The van der Waals surface area contributed by atoms with Crippen molar-refractivity contribution in [2.75, 3.05) is 18.4 Å². The van der Waals surface area contributed by atoms with Crippen LogP contribution in [0.15, 0.2) is 29.3 Å². The maximum atomic E-state index is 13.2. The molecule has 2 N–H and O–H groups in total. The van der Waals surface area contributed by atoms with Crippen LogP contribution in [0.1, 0.15) is 0 Å². The standard InChI is InChI=1S/C10H10FN3O/c11-7-3-1-2-4-8(7)14-10(15)9-12-5-6-13-9/h1-4H,5-6H2,(H,12,13)(H,14,15). The molecule has 0 radical (unpaired) electrons.